The van der Waals surface area contributed by atoms with Gasteiger partial charge >= 0.3 is 5.69 Å². The first kappa shape index (κ1) is 15.0. The van der Waals surface area contributed by atoms with Gasteiger partial charge in [-0.15, -0.1) is 0 Å². The van der Waals surface area contributed by atoms with E-state index in [1.54, 1.807) is 7.05 Å². The van der Waals surface area contributed by atoms with E-state index in [1.165, 1.54) is 30.5 Å². The average Bonchev–Trinajstić information content (AvgIpc) is 2.44. The molecule has 0 radical (unpaired) electrons. The van der Waals surface area contributed by atoms with Crippen LogP contribution in [0.3, 0.4) is 0 Å². The molecular weight excluding hydrogens is 256 g/mol. The van der Waals surface area contributed by atoms with Crippen molar-refractivity contribution >= 4 is 0 Å². The van der Waals surface area contributed by atoms with Gasteiger partial charge in [-0.2, -0.15) is 0 Å². The molecule has 1 aromatic rings. The second kappa shape index (κ2) is 6.37. The minimum atomic E-state index is -0.270. The number of hydrogen-bond donors (Lipinski definition) is 1. The predicted molar refractivity (Wildman–Crippen MR) is 78.9 cm³/mol. The summed E-state index contributed by atoms with van der Waals surface area (Å²) in [4.78, 5) is 25.8. The van der Waals surface area contributed by atoms with Gasteiger partial charge in [-0.3, -0.25) is 13.9 Å². The van der Waals surface area contributed by atoms with E-state index in [0.717, 1.165) is 29.9 Å². The molecule has 1 aromatic heterocycles. The Bertz CT molecular complexity index is 568. The number of likely N-dealkylation sites (tertiary alicyclic amines) is 1. The van der Waals surface area contributed by atoms with Gasteiger partial charge in [-0.1, -0.05) is 0 Å². The smallest absolute Gasteiger partial charge is 0.311 e. The van der Waals surface area contributed by atoms with Gasteiger partial charge in [0.05, 0.1) is 0 Å². The highest BCUT2D eigenvalue weighted by Gasteiger charge is 2.16. The van der Waals surface area contributed by atoms with Gasteiger partial charge in [0.1, 0.15) is 0 Å². The second-order valence-corrected chi connectivity index (χ2v) is 5.75. The second-order valence-electron chi connectivity index (χ2n) is 5.75. The number of aromatic nitrogens is 2. The van der Waals surface area contributed by atoms with Crippen molar-refractivity contribution in [2.24, 2.45) is 20.0 Å². The summed E-state index contributed by atoms with van der Waals surface area (Å²) in [5.74, 6) is 0.690. The first-order valence-electron chi connectivity index (χ1n) is 7.14. The van der Waals surface area contributed by atoms with Crippen molar-refractivity contribution in [3.63, 3.8) is 0 Å². The number of nitrogens with one attached hydrogen (secondary N) is 1. The van der Waals surface area contributed by atoms with Gasteiger partial charge < -0.3 is 10.2 Å². The molecule has 0 aromatic carbocycles. The zero-order chi connectivity index (χ0) is 14.7. The molecule has 0 bridgehead atoms. The van der Waals surface area contributed by atoms with Crippen LogP contribution in [0.2, 0.25) is 0 Å². The van der Waals surface area contributed by atoms with E-state index < -0.39 is 0 Å². The Labute approximate surface area is 119 Å². The van der Waals surface area contributed by atoms with Crippen molar-refractivity contribution < 1.29 is 0 Å². The normalized spacial score (nSPS) is 17.6. The number of piperidine rings is 1. The van der Waals surface area contributed by atoms with Crippen molar-refractivity contribution in [1.82, 2.24) is 19.4 Å². The highest BCUT2D eigenvalue weighted by molar-refractivity contribution is 5.01. The summed E-state index contributed by atoms with van der Waals surface area (Å²) in [5.41, 5.74) is 0.226. The third-order valence-corrected chi connectivity index (χ3v) is 4.20. The molecule has 20 heavy (non-hydrogen) atoms. The van der Waals surface area contributed by atoms with E-state index in [4.69, 9.17) is 0 Å². The highest BCUT2D eigenvalue weighted by atomic mass is 16.2. The fraction of sp³-hybridized carbons (Fsp3) is 0.714. The zero-order valence-corrected chi connectivity index (χ0v) is 12.6. The van der Waals surface area contributed by atoms with Crippen LogP contribution in [0.25, 0.3) is 0 Å². The first-order valence-corrected chi connectivity index (χ1v) is 7.14. The number of nitrogens with zero attached hydrogens (tertiary/aromatic N) is 3. The topological polar surface area (TPSA) is 59.3 Å². The molecule has 0 atom stereocenters. The summed E-state index contributed by atoms with van der Waals surface area (Å²) in [5, 5.41) is 3.37. The molecule has 0 saturated carbocycles. The van der Waals surface area contributed by atoms with Crippen LogP contribution in [0.1, 0.15) is 18.5 Å². The van der Waals surface area contributed by atoms with E-state index in [0.29, 0.717) is 12.5 Å². The Kier molecular flexibility index (Phi) is 4.77. The van der Waals surface area contributed by atoms with Crippen LogP contribution in [0, 0.1) is 5.92 Å². The van der Waals surface area contributed by atoms with Crippen molar-refractivity contribution in [3.05, 3.63) is 32.6 Å². The van der Waals surface area contributed by atoms with Crippen LogP contribution < -0.4 is 16.6 Å². The first-order chi connectivity index (χ1) is 9.49. The third kappa shape index (κ3) is 3.37. The monoisotopic (exact) mass is 280 g/mol. The summed E-state index contributed by atoms with van der Waals surface area (Å²) < 4.78 is 2.66. The van der Waals surface area contributed by atoms with Gasteiger partial charge in [-0.05, 0) is 45.4 Å². The van der Waals surface area contributed by atoms with Crippen molar-refractivity contribution in [2.75, 3.05) is 26.7 Å². The maximum atomic E-state index is 11.8. The van der Waals surface area contributed by atoms with Crippen LogP contribution in [-0.2, 0) is 20.6 Å². The van der Waals surface area contributed by atoms with Crippen LogP contribution in [0.15, 0.2) is 15.7 Å². The molecule has 0 spiro atoms. The largest absolute Gasteiger partial charge is 0.330 e. The molecular formula is C14H24N4O2. The van der Waals surface area contributed by atoms with Crippen LogP contribution in [-0.4, -0.2) is 40.7 Å². The maximum Gasteiger partial charge on any atom is 0.330 e. The summed E-state index contributed by atoms with van der Waals surface area (Å²) in [6.07, 6.45) is 2.41. The molecule has 6 nitrogen and oxygen atoms in total. The summed E-state index contributed by atoms with van der Waals surface area (Å²) in [6.45, 7) is 3.80. The molecule has 2 heterocycles. The van der Waals surface area contributed by atoms with E-state index in [9.17, 15) is 9.59 Å². The lowest BCUT2D eigenvalue weighted by molar-refractivity contribution is 0.215. The van der Waals surface area contributed by atoms with E-state index in [1.807, 2.05) is 0 Å². The van der Waals surface area contributed by atoms with Crippen molar-refractivity contribution in [3.8, 4) is 0 Å². The Hall–Kier alpha value is -1.40. The average molecular weight is 280 g/mol. The molecule has 2 rings (SSSR count). The molecule has 1 fully saturated rings. The Morgan fingerprint density at radius 2 is 1.80 bits per heavy atom. The van der Waals surface area contributed by atoms with Gasteiger partial charge in [0, 0.05) is 32.4 Å². The van der Waals surface area contributed by atoms with E-state index in [2.05, 4.69) is 17.3 Å². The number of hydrogen-bond acceptors (Lipinski definition) is 4. The third-order valence-electron chi connectivity index (χ3n) is 4.20. The Morgan fingerprint density at radius 3 is 2.45 bits per heavy atom. The molecule has 1 aliphatic heterocycles. The van der Waals surface area contributed by atoms with Crippen LogP contribution in [0.4, 0.5) is 0 Å². The molecule has 0 amide bonds. The summed E-state index contributed by atoms with van der Waals surface area (Å²) in [7, 11) is 5.36. The highest BCUT2D eigenvalue weighted by Crippen LogP contribution is 2.14. The van der Waals surface area contributed by atoms with Gasteiger partial charge in [0.15, 0.2) is 0 Å². The molecule has 1 N–H and O–H groups in total. The lowest BCUT2D eigenvalue weighted by Crippen LogP contribution is -2.40. The minimum Gasteiger partial charge on any atom is -0.311 e. The molecule has 0 unspecified atom stereocenters. The van der Waals surface area contributed by atoms with Crippen molar-refractivity contribution in [2.45, 2.75) is 19.4 Å². The fourth-order valence-electron chi connectivity index (χ4n) is 2.62. The lowest BCUT2D eigenvalue weighted by Gasteiger charge is -2.29. The van der Waals surface area contributed by atoms with Gasteiger partial charge in [0.25, 0.3) is 5.56 Å². The zero-order valence-electron chi connectivity index (χ0n) is 12.6. The Balaban J connectivity index is 1.92. The summed E-state index contributed by atoms with van der Waals surface area (Å²) >= 11 is 0. The summed E-state index contributed by atoms with van der Waals surface area (Å²) in [6, 6.07) is 1.53. The molecule has 1 aliphatic rings. The molecule has 1 saturated heterocycles. The van der Waals surface area contributed by atoms with Gasteiger partial charge in [-0.25, -0.2) is 4.79 Å². The lowest BCUT2D eigenvalue weighted by atomic mass is 9.97. The predicted octanol–water partition coefficient (Wildman–Crippen LogP) is -0.485. The molecule has 6 heteroatoms. The SMILES string of the molecule is CN1CCC(CNCc2cc(=O)n(C)c(=O)n2C)CC1. The maximum absolute atomic E-state index is 11.8. The number of rotatable bonds is 4. The van der Waals surface area contributed by atoms with Crippen LogP contribution in [0.5, 0.6) is 0 Å². The molecule has 0 aliphatic carbocycles. The fourth-order valence-corrected chi connectivity index (χ4v) is 2.62. The quantitative estimate of drug-likeness (QED) is 0.809. The minimum absolute atomic E-state index is 0.246. The van der Waals surface area contributed by atoms with Crippen LogP contribution >= 0.6 is 0 Å². The molecule has 112 valence electrons. The van der Waals surface area contributed by atoms with Crippen molar-refractivity contribution in [1.29, 1.82) is 0 Å². The van der Waals surface area contributed by atoms with E-state index in [-0.39, 0.29) is 11.2 Å². The standard InChI is InChI=1S/C14H24N4O2/c1-16-6-4-11(5-7-16)9-15-10-12-8-13(19)18(3)14(20)17(12)2/h8,11,15H,4-7,9-10H2,1-3H3. The van der Waals surface area contributed by atoms with Gasteiger partial charge in [0.2, 0.25) is 0 Å². The van der Waals surface area contributed by atoms with E-state index >= 15 is 0 Å². The Morgan fingerprint density at radius 1 is 1.15 bits per heavy atom.